The Morgan fingerprint density at radius 2 is 1.84 bits per heavy atom. The Kier molecular flexibility index (Phi) is 6.98. The van der Waals surface area contributed by atoms with Crippen molar-refractivity contribution < 1.29 is 19.4 Å². The summed E-state index contributed by atoms with van der Waals surface area (Å²) in [6.45, 7) is 1.37. The second-order valence-corrected chi connectivity index (χ2v) is 9.59. The second kappa shape index (κ2) is 10.5. The number of aliphatic imine (C=N–C) groups is 1. The van der Waals surface area contributed by atoms with Gasteiger partial charge in [0, 0.05) is 41.7 Å². The summed E-state index contributed by atoms with van der Waals surface area (Å²) in [6, 6.07) is 20.6. The van der Waals surface area contributed by atoms with Gasteiger partial charge in [-0.15, -0.1) is 0 Å². The van der Waals surface area contributed by atoms with Crippen molar-refractivity contribution in [2.45, 2.75) is 12.8 Å². The summed E-state index contributed by atoms with van der Waals surface area (Å²) in [5.74, 6) is -0.371. The fraction of sp³-hybridized carbons (Fsp3) is 0.233. The number of methoxy groups -OCH3 is 1. The summed E-state index contributed by atoms with van der Waals surface area (Å²) < 4.78 is 4.84. The lowest BCUT2D eigenvalue weighted by Crippen LogP contribution is -2.31. The smallest absolute Gasteiger partial charge is 0.337 e. The van der Waals surface area contributed by atoms with E-state index in [9.17, 15) is 14.7 Å². The molecule has 4 aromatic rings. The molecular formula is C30H30N4O4. The lowest BCUT2D eigenvalue weighted by atomic mass is 10.00. The summed E-state index contributed by atoms with van der Waals surface area (Å²) in [7, 11) is 5.26. The van der Waals surface area contributed by atoms with Gasteiger partial charge in [0.05, 0.1) is 29.6 Å². The third-order valence-electron chi connectivity index (χ3n) is 6.76. The summed E-state index contributed by atoms with van der Waals surface area (Å²) in [6.07, 6.45) is 1.24. The van der Waals surface area contributed by atoms with Crippen LogP contribution in [0.3, 0.4) is 0 Å². The van der Waals surface area contributed by atoms with Gasteiger partial charge in [0.15, 0.2) is 5.88 Å². The average molecular weight is 511 g/mol. The van der Waals surface area contributed by atoms with Crippen LogP contribution in [0.4, 0.5) is 11.4 Å². The van der Waals surface area contributed by atoms with Crippen LogP contribution in [0.25, 0.3) is 10.9 Å². The number of ether oxygens (including phenoxy) is 1. The molecular weight excluding hydrogens is 480 g/mol. The Bertz CT molecular complexity index is 1540. The average Bonchev–Trinajstić information content (AvgIpc) is 3.49. The molecule has 0 saturated heterocycles. The number of carbonyl (C=O) groups is 2. The van der Waals surface area contributed by atoms with E-state index in [1.807, 2.05) is 72.4 Å². The fourth-order valence-corrected chi connectivity index (χ4v) is 4.83. The molecule has 38 heavy (non-hydrogen) atoms. The van der Waals surface area contributed by atoms with Crippen molar-refractivity contribution >= 4 is 39.9 Å². The lowest BCUT2D eigenvalue weighted by Gasteiger charge is -2.19. The number of esters is 1. The number of carbonyl (C=O) groups excluding carboxylic acids is 2. The number of aromatic hydroxyl groups is 1. The Hall–Kier alpha value is -4.43. The van der Waals surface area contributed by atoms with Crippen LogP contribution in [-0.4, -0.2) is 66.9 Å². The highest BCUT2D eigenvalue weighted by Gasteiger charge is 2.25. The number of amides is 1. The quantitative estimate of drug-likeness (QED) is 0.278. The van der Waals surface area contributed by atoms with Crippen LogP contribution in [0.1, 0.15) is 33.5 Å². The van der Waals surface area contributed by atoms with Crippen LogP contribution in [0.15, 0.2) is 71.7 Å². The predicted octanol–water partition coefficient (Wildman–Crippen LogP) is 4.67. The van der Waals surface area contributed by atoms with Crippen molar-refractivity contribution in [2.24, 2.45) is 4.99 Å². The molecule has 0 radical (unpaired) electrons. The predicted molar refractivity (Wildman–Crippen MR) is 149 cm³/mol. The number of nitrogens with one attached hydrogen (secondary N) is 1. The molecule has 8 heteroatoms. The van der Waals surface area contributed by atoms with E-state index < -0.39 is 5.97 Å². The molecule has 0 aliphatic carbocycles. The van der Waals surface area contributed by atoms with Crippen LogP contribution in [-0.2, 0) is 16.0 Å². The van der Waals surface area contributed by atoms with Crippen LogP contribution in [0.2, 0.25) is 0 Å². The number of benzene rings is 3. The number of H-pyrrole nitrogens is 1. The molecule has 2 N–H and O–H groups in total. The van der Waals surface area contributed by atoms with Crippen LogP contribution in [0.5, 0.6) is 5.88 Å². The molecule has 0 atom stereocenters. The zero-order valence-corrected chi connectivity index (χ0v) is 21.7. The minimum absolute atomic E-state index is 0.0385. The zero-order valence-electron chi connectivity index (χ0n) is 21.7. The summed E-state index contributed by atoms with van der Waals surface area (Å²) in [4.78, 5) is 36.6. The largest absolute Gasteiger partial charge is 0.494 e. The van der Waals surface area contributed by atoms with Gasteiger partial charge in [-0.25, -0.2) is 9.79 Å². The van der Waals surface area contributed by atoms with Gasteiger partial charge >= 0.3 is 5.97 Å². The third kappa shape index (κ3) is 4.90. The van der Waals surface area contributed by atoms with Crippen molar-refractivity contribution in [3.05, 3.63) is 89.0 Å². The number of aromatic amines is 1. The van der Waals surface area contributed by atoms with E-state index in [1.54, 1.807) is 18.2 Å². The van der Waals surface area contributed by atoms with E-state index in [-0.39, 0.29) is 11.8 Å². The highest BCUT2D eigenvalue weighted by Crippen LogP contribution is 2.35. The molecule has 1 aromatic heterocycles. The zero-order chi connectivity index (χ0) is 26.8. The van der Waals surface area contributed by atoms with Gasteiger partial charge in [-0.05, 0) is 56.4 Å². The van der Waals surface area contributed by atoms with E-state index in [1.165, 1.54) is 7.11 Å². The monoisotopic (exact) mass is 510 g/mol. The van der Waals surface area contributed by atoms with Crippen molar-refractivity contribution in [2.75, 3.05) is 39.2 Å². The summed E-state index contributed by atoms with van der Waals surface area (Å²) in [5, 5.41) is 11.7. The van der Waals surface area contributed by atoms with Crippen molar-refractivity contribution in [3.63, 3.8) is 0 Å². The van der Waals surface area contributed by atoms with E-state index in [4.69, 9.17) is 9.73 Å². The number of hydrogen-bond donors (Lipinski definition) is 2. The van der Waals surface area contributed by atoms with Gasteiger partial charge in [-0.2, -0.15) is 0 Å². The molecule has 0 saturated carbocycles. The number of rotatable bonds is 7. The Balaban J connectivity index is 1.56. The number of hydrogen-bond acceptors (Lipinski definition) is 6. The number of aromatic nitrogens is 1. The summed E-state index contributed by atoms with van der Waals surface area (Å²) in [5.41, 5.74) is 5.69. The number of anilines is 1. The molecule has 1 aliphatic rings. The molecule has 5 rings (SSSR count). The Morgan fingerprint density at radius 1 is 1.05 bits per heavy atom. The van der Waals surface area contributed by atoms with Crippen molar-refractivity contribution in [3.8, 4) is 5.88 Å². The van der Waals surface area contributed by atoms with Crippen LogP contribution in [0, 0.1) is 0 Å². The third-order valence-corrected chi connectivity index (χ3v) is 6.76. The van der Waals surface area contributed by atoms with E-state index in [0.717, 1.165) is 34.3 Å². The van der Waals surface area contributed by atoms with Gasteiger partial charge in [0.2, 0.25) is 5.91 Å². The SMILES string of the molecule is COC(=O)c1ccc2c(C(=Nc3ccc4c(c3)CCN4C(=O)CCN(C)C)c3ccccc3)c(O)[nH]c2c1. The highest BCUT2D eigenvalue weighted by molar-refractivity contribution is 6.22. The van der Waals surface area contributed by atoms with Crippen molar-refractivity contribution in [1.82, 2.24) is 9.88 Å². The minimum atomic E-state index is -0.452. The molecule has 1 aliphatic heterocycles. The van der Waals surface area contributed by atoms with Gasteiger partial charge in [-0.1, -0.05) is 36.4 Å². The topological polar surface area (TPSA) is 98.2 Å². The Labute approximate surface area is 221 Å². The molecule has 0 spiro atoms. The van der Waals surface area contributed by atoms with E-state index in [0.29, 0.717) is 41.9 Å². The van der Waals surface area contributed by atoms with E-state index in [2.05, 4.69) is 4.98 Å². The highest BCUT2D eigenvalue weighted by atomic mass is 16.5. The first-order valence-corrected chi connectivity index (χ1v) is 12.5. The normalized spacial score (nSPS) is 13.3. The molecule has 0 unspecified atom stereocenters. The van der Waals surface area contributed by atoms with Gasteiger partial charge < -0.3 is 24.6 Å². The molecule has 0 bridgehead atoms. The van der Waals surface area contributed by atoms with Gasteiger partial charge in [0.1, 0.15) is 0 Å². The molecule has 194 valence electrons. The standard InChI is InChI=1S/C30H30N4O4/c1-33(2)15-14-26(35)34-16-13-20-17-22(10-12-25(20)34)31-28(19-7-5-4-6-8-19)27-23-11-9-21(30(37)38-3)18-24(23)32-29(27)36/h4-12,17-18,32,36H,13-16H2,1-3H3. The maximum Gasteiger partial charge on any atom is 0.337 e. The lowest BCUT2D eigenvalue weighted by molar-refractivity contribution is -0.118. The fourth-order valence-electron chi connectivity index (χ4n) is 4.83. The molecule has 0 fully saturated rings. The van der Waals surface area contributed by atoms with E-state index >= 15 is 0 Å². The molecule has 3 aromatic carbocycles. The van der Waals surface area contributed by atoms with Gasteiger partial charge in [-0.3, -0.25) is 4.79 Å². The summed E-state index contributed by atoms with van der Waals surface area (Å²) >= 11 is 0. The first-order chi connectivity index (χ1) is 18.4. The minimum Gasteiger partial charge on any atom is -0.494 e. The first-order valence-electron chi connectivity index (χ1n) is 12.5. The molecule has 1 amide bonds. The second-order valence-electron chi connectivity index (χ2n) is 9.59. The molecule has 8 nitrogen and oxygen atoms in total. The molecule has 2 heterocycles. The maximum absolute atomic E-state index is 12.8. The van der Waals surface area contributed by atoms with Crippen LogP contribution >= 0.6 is 0 Å². The van der Waals surface area contributed by atoms with Crippen molar-refractivity contribution in [1.29, 1.82) is 0 Å². The number of nitrogens with zero attached hydrogens (tertiary/aromatic N) is 3. The Morgan fingerprint density at radius 3 is 2.58 bits per heavy atom. The number of fused-ring (bicyclic) bond motifs is 2. The maximum atomic E-state index is 12.8. The first kappa shape index (κ1) is 25.2. The van der Waals surface area contributed by atoms with Crippen LogP contribution < -0.4 is 4.90 Å². The van der Waals surface area contributed by atoms with Gasteiger partial charge in [0.25, 0.3) is 0 Å².